The molecule has 2 nitrogen and oxygen atoms in total. The lowest BCUT2D eigenvalue weighted by Gasteiger charge is -2.60. The fraction of sp³-hybridized carbons (Fsp3) is 0.333. The molecule has 0 saturated heterocycles. The highest BCUT2D eigenvalue weighted by Crippen LogP contribution is 2.66. The number of hydrogen-bond acceptors (Lipinski definition) is 2. The van der Waals surface area contributed by atoms with Gasteiger partial charge in [-0.1, -0.05) is 56.3 Å². The number of aromatic nitrogens is 2. The van der Waals surface area contributed by atoms with Crippen molar-refractivity contribution in [1.29, 1.82) is 0 Å². The first-order valence-electron chi connectivity index (χ1n) is 9.61. The van der Waals surface area contributed by atoms with Crippen LogP contribution in [0.3, 0.4) is 0 Å². The van der Waals surface area contributed by atoms with Gasteiger partial charge in [-0.2, -0.15) is 0 Å². The monoisotopic (exact) mass is 340 g/mol. The van der Waals surface area contributed by atoms with Crippen molar-refractivity contribution < 1.29 is 0 Å². The van der Waals surface area contributed by atoms with Crippen LogP contribution in [0.15, 0.2) is 66.9 Å². The van der Waals surface area contributed by atoms with E-state index in [4.69, 9.17) is 4.98 Å². The van der Waals surface area contributed by atoms with Crippen molar-refractivity contribution in [2.45, 2.75) is 38.5 Å². The molecule has 130 valence electrons. The minimum Gasteiger partial charge on any atom is -0.255 e. The summed E-state index contributed by atoms with van der Waals surface area (Å²) in [7, 11) is 0. The molecule has 2 heteroatoms. The van der Waals surface area contributed by atoms with E-state index in [1.165, 1.54) is 23.2 Å². The maximum Gasteiger partial charge on any atom is 0.0889 e. The van der Waals surface area contributed by atoms with E-state index in [9.17, 15) is 0 Å². The Morgan fingerprint density at radius 1 is 0.923 bits per heavy atom. The Balaban J connectivity index is 1.60. The SMILES string of the molecule is CC1(C)[C@@H]2C[C@H]1c1ccc(-c3ccccn3)nc1[C@H]2Cc1ccccc1. The Morgan fingerprint density at radius 2 is 1.73 bits per heavy atom. The van der Waals surface area contributed by atoms with Crippen LogP contribution in [0, 0.1) is 11.3 Å². The van der Waals surface area contributed by atoms with E-state index in [1.54, 1.807) is 0 Å². The molecule has 0 N–H and O–H groups in total. The number of pyridine rings is 2. The zero-order chi connectivity index (χ0) is 17.7. The summed E-state index contributed by atoms with van der Waals surface area (Å²) in [6.07, 6.45) is 4.23. The zero-order valence-corrected chi connectivity index (χ0v) is 15.4. The van der Waals surface area contributed by atoms with E-state index in [1.807, 2.05) is 18.3 Å². The van der Waals surface area contributed by atoms with Crippen LogP contribution in [0.1, 0.15) is 48.9 Å². The second-order valence-electron chi connectivity index (χ2n) is 8.40. The summed E-state index contributed by atoms with van der Waals surface area (Å²) in [6, 6.07) is 21.4. The van der Waals surface area contributed by atoms with Crippen molar-refractivity contribution in [2.75, 3.05) is 0 Å². The third kappa shape index (κ3) is 2.32. The molecule has 2 bridgehead atoms. The largest absolute Gasteiger partial charge is 0.255 e. The van der Waals surface area contributed by atoms with E-state index in [2.05, 4.69) is 67.4 Å². The Labute approximate surface area is 155 Å². The highest BCUT2D eigenvalue weighted by Gasteiger charge is 2.57. The van der Waals surface area contributed by atoms with E-state index in [-0.39, 0.29) is 0 Å². The Bertz CT molecular complexity index is 931. The lowest BCUT2D eigenvalue weighted by molar-refractivity contribution is -0.00746. The molecule has 26 heavy (non-hydrogen) atoms. The maximum absolute atomic E-state index is 5.15. The first-order valence-corrected chi connectivity index (χ1v) is 9.61. The molecular weight excluding hydrogens is 316 g/mol. The number of benzene rings is 1. The maximum atomic E-state index is 5.15. The fourth-order valence-electron chi connectivity index (χ4n) is 5.20. The predicted octanol–water partition coefficient (Wildman–Crippen LogP) is 5.61. The third-order valence-corrected chi connectivity index (χ3v) is 6.74. The number of rotatable bonds is 3. The molecule has 0 amide bonds. The normalized spacial score (nSPS) is 25.2. The lowest BCUT2D eigenvalue weighted by atomic mass is 9.44. The van der Waals surface area contributed by atoms with Gasteiger partial charge in [-0.25, -0.2) is 0 Å². The van der Waals surface area contributed by atoms with Crippen LogP contribution >= 0.6 is 0 Å². The minimum absolute atomic E-state index is 0.376. The van der Waals surface area contributed by atoms with Crippen molar-refractivity contribution >= 4 is 0 Å². The third-order valence-electron chi connectivity index (χ3n) is 6.74. The molecule has 0 radical (unpaired) electrons. The summed E-state index contributed by atoms with van der Waals surface area (Å²) < 4.78 is 0. The molecule has 3 atom stereocenters. The minimum atomic E-state index is 0.376. The topological polar surface area (TPSA) is 25.8 Å². The molecule has 3 aliphatic carbocycles. The van der Waals surface area contributed by atoms with E-state index in [0.29, 0.717) is 23.2 Å². The van der Waals surface area contributed by atoms with Gasteiger partial charge >= 0.3 is 0 Å². The van der Waals surface area contributed by atoms with Crippen molar-refractivity contribution in [1.82, 2.24) is 9.97 Å². The fourth-order valence-corrected chi connectivity index (χ4v) is 5.20. The molecule has 0 aliphatic heterocycles. The summed E-state index contributed by atoms with van der Waals surface area (Å²) in [5.41, 5.74) is 6.54. The quantitative estimate of drug-likeness (QED) is 0.619. The van der Waals surface area contributed by atoms with Gasteiger partial charge in [0.05, 0.1) is 11.4 Å². The van der Waals surface area contributed by atoms with Gasteiger partial charge in [0.25, 0.3) is 0 Å². The molecule has 2 aromatic heterocycles. The first kappa shape index (κ1) is 15.7. The standard InChI is InChI=1S/C24H24N2/c1-24(2)19-15-20(24)18(14-16-8-4-3-5-9-16)23-17(19)11-12-22(26-23)21-10-6-7-13-25-21/h3-13,18-20H,14-15H2,1-2H3/t18-,19-,20+/m0/s1. The molecule has 6 rings (SSSR count). The van der Waals surface area contributed by atoms with Gasteiger partial charge in [-0.05, 0) is 59.4 Å². The first-order chi connectivity index (χ1) is 12.6. The molecule has 3 aliphatic rings. The average molecular weight is 340 g/mol. The van der Waals surface area contributed by atoms with Crippen LogP contribution in [-0.4, -0.2) is 9.97 Å². The summed E-state index contributed by atoms with van der Waals surface area (Å²) in [4.78, 5) is 9.65. The van der Waals surface area contributed by atoms with Gasteiger partial charge in [-0.3, -0.25) is 9.97 Å². The van der Waals surface area contributed by atoms with Gasteiger partial charge in [0.15, 0.2) is 0 Å². The molecule has 1 fully saturated rings. The van der Waals surface area contributed by atoms with Crippen LogP contribution in [-0.2, 0) is 6.42 Å². The van der Waals surface area contributed by atoms with Gasteiger partial charge < -0.3 is 0 Å². The molecule has 0 spiro atoms. The summed E-state index contributed by atoms with van der Waals surface area (Å²) in [5.74, 6) is 1.86. The molecule has 2 heterocycles. The van der Waals surface area contributed by atoms with Gasteiger partial charge in [0.2, 0.25) is 0 Å². The van der Waals surface area contributed by atoms with Crippen LogP contribution in [0.4, 0.5) is 0 Å². The zero-order valence-electron chi connectivity index (χ0n) is 15.4. The molecule has 1 aromatic carbocycles. The molecular formula is C24H24N2. The van der Waals surface area contributed by atoms with Crippen LogP contribution < -0.4 is 0 Å². The summed E-state index contributed by atoms with van der Waals surface area (Å²) >= 11 is 0. The predicted molar refractivity (Wildman–Crippen MR) is 105 cm³/mol. The van der Waals surface area contributed by atoms with Crippen molar-refractivity contribution in [3.8, 4) is 11.4 Å². The Hall–Kier alpha value is -2.48. The van der Waals surface area contributed by atoms with E-state index in [0.717, 1.165) is 17.8 Å². The number of nitrogens with zero attached hydrogens (tertiary/aromatic N) is 2. The van der Waals surface area contributed by atoms with Crippen molar-refractivity contribution in [2.24, 2.45) is 11.3 Å². The van der Waals surface area contributed by atoms with Gasteiger partial charge in [0.1, 0.15) is 0 Å². The van der Waals surface area contributed by atoms with Crippen LogP contribution in [0.2, 0.25) is 0 Å². The van der Waals surface area contributed by atoms with Gasteiger partial charge in [0, 0.05) is 17.8 Å². The highest BCUT2D eigenvalue weighted by atomic mass is 14.8. The average Bonchev–Trinajstić information content (AvgIpc) is 2.68. The second kappa shape index (κ2) is 5.77. The lowest BCUT2D eigenvalue weighted by Crippen LogP contribution is -2.51. The van der Waals surface area contributed by atoms with Gasteiger partial charge in [-0.15, -0.1) is 0 Å². The molecule has 1 saturated carbocycles. The van der Waals surface area contributed by atoms with Crippen molar-refractivity contribution in [3.63, 3.8) is 0 Å². The van der Waals surface area contributed by atoms with E-state index >= 15 is 0 Å². The summed E-state index contributed by atoms with van der Waals surface area (Å²) in [6.45, 7) is 4.89. The second-order valence-corrected chi connectivity index (χ2v) is 8.40. The van der Waals surface area contributed by atoms with Crippen LogP contribution in [0.25, 0.3) is 11.4 Å². The number of hydrogen-bond donors (Lipinski definition) is 0. The van der Waals surface area contributed by atoms with Crippen LogP contribution in [0.5, 0.6) is 0 Å². The van der Waals surface area contributed by atoms with Crippen molar-refractivity contribution in [3.05, 3.63) is 83.7 Å². The highest BCUT2D eigenvalue weighted by molar-refractivity contribution is 5.56. The Morgan fingerprint density at radius 3 is 2.46 bits per heavy atom. The Kier molecular flexibility index (Phi) is 3.49. The molecule has 3 aromatic rings. The van der Waals surface area contributed by atoms with E-state index < -0.39 is 0 Å². The summed E-state index contributed by atoms with van der Waals surface area (Å²) in [5, 5.41) is 0. The smallest absolute Gasteiger partial charge is 0.0889 e. The molecule has 0 unspecified atom stereocenters.